The Kier molecular flexibility index (Phi) is 18.0. The Hall–Kier alpha value is -2.21. The van der Waals surface area contributed by atoms with Crippen LogP contribution in [-0.4, -0.2) is 86.5 Å². The van der Waals surface area contributed by atoms with E-state index in [0.717, 1.165) is 25.7 Å². The molecule has 0 aliphatic carbocycles. The highest BCUT2D eigenvalue weighted by Crippen LogP contribution is 2.49. The molecule has 0 aromatic heterocycles. The molecular weight excluding hydrogens is 700 g/mol. The second-order valence-corrected chi connectivity index (χ2v) is 17.7. The van der Waals surface area contributed by atoms with Crippen LogP contribution in [0.4, 0.5) is 0 Å². The summed E-state index contributed by atoms with van der Waals surface area (Å²) in [6.45, 7) is 20.1. The Labute approximate surface area is 331 Å². The summed E-state index contributed by atoms with van der Waals surface area (Å²) >= 11 is 0. The number of hydrogen-bond acceptors (Lipinski definition) is 10. The van der Waals surface area contributed by atoms with Gasteiger partial charge in [0.1, 0.15) is 17.7 Å². The number of rotatable bonds is 3. The Bertz CT molecular complexity index is 1340. The first kappa shape index (κ1) is 47.2. The second-order valence-electron chi connectivity index (χ2n) is 17.7. The van der Waals surface area contributed by atoms with Crippen molar-refractivity contribution in [1.82, 2.24) is 0 Å². The summed E-state index contributed by atoms with van der Waals surface area (Å²) in [4.78, 5) is 40.4. The smallest absolute Gasteiger partial charge is 0.330 e. The van der Waals surface area contributed by atoms with Gasteiger partial charge >= 0.3 is 5.97 Å². The maximum Gasteiger partial charge on any atom is 0.330 e. The summed E-state index contributed by atoms with van der Waals surface area (Å²) in [6, 6.07) is 0. The number of esters is 1. The summed E-state index contributed by atoms with van der Waals surface area (Å²) in [5.41, 5.74) is 0. The maximum atomic E-state index is 13.5. The van der Waals surface area contributed by atoms with E-state index in [4.69, 9.17) is 14.2 Å². The van der Waals surface area contributed by atoms with Crippen molar-refractivity contribution in [3.05, 3.63) is 36.5 Å². The SMILES string of the molecule is CC[C@@H]1/C=C\C=C/C[C@H](C)[C@H](O)[C@H](C)C(=O)[C@H](C)[C@H](O)[C@H](C)C(=O)[C@H](C)[C@H](O)[C@H](C)/C=C\C(=O)O[C@H]2[C@H](C)[C@@H](CC1)O[C@]1(CC[C@H](C)[C@H](C[C@H](C)O)O1)[C@H]2C. The first-order valence-corrected chi connectivity index (χ1v) is 21.1. The average Bonchev–Trinajstić information content (AvgIpc) is 3.16. The third kappa shape index (κ3) is 11.9. The quantitative estimate of drug-likeness (QED) is 0.226. The zero-order chi connectivity index (χ0) is 41.4. The summed E-state index contributed by atoms with van der Waals surface area (Å²) < 4.78 is 20.0. The average molecular weight is 775 g/mol. The van der Waals surface area contributed by atoms with Crippen molar-refractivity contribution in [2.45, 2.75) is 170 Å². The standard InChI is InChI=1S/C45H74O10/c1-12-35-17-15-13-14-16-26(3)39(48)30(7)41(50)32(9)43(52)33(10)42(51)31(8)40(49)27(4)18-21-38(47)53-44-29(6)36(20-19-35)54-45(34(44)11)23-22-25(2)37(55-45)24-28(5)46/h13-15,17-18,21,25-37,39-40,43-44,46,48-49,52H,12,16,19-20,22-24H2,1-11H3/b14-13-,17-15-,21-18-/t25-,26-,27+,28-,29+,30-,31+,32-,33+,34-,35+,36+,37-,39-,40+,43-,44-,45-/m0/s1. The second kappa shape index (κ2) is 21.0. The zero-order valence-electron chi connectivity index (χ0n) is 35.5. The van der Waals surface area contributed by atoms with Crippen LogP contribution in [0.25, 0.3) is 0 Å². The molecule has 0 amide bonds. The van der Waals surface area contributed by atoms with Gasteiger partial charge < -0.3 is 34.6 Å². The molecule has 10 nitrogen and oxygen atoms in total. The number of aliphatic hydroxyl groups excluding tert-OH is 4. The molecule has 18 atom stereocenters. The number of aliphatic hydroxyl groups is 4. The number of carbonyl (C=O) groups is 3. The molecule has 3 aliphatic rings. The van der Waals surface area contributed by atoms with Gasteiger partial charge in [0.25, 0.3) is 0 Å². The number of ether oxygens (including phenoxy) is 3. The first-order valence-electron chi connectivity index (χ1n) is 21.1. The van der Waals surface area contributed by atoms with Crippen LogP contribution in [-0.2, 0) is 28.6 Å². The van der Waals surface area contributed by atoms with E-state index in [9.17, 15) is 34.8 Å². The third-order valence-electron chi connectivity index (χ3n) is 13.4. The molecule has 314 valence electrons. The van der Waals surface area contributed by atoms with Crippen molar-refractivity contribution in [2.75, 3.05) is 0 Å². The van der Waals surface area contributed by atoms with Crippen LogP contribution < -0.4 is 0 Å². The lowest BCUT2D eigenvalue weighted by atomic mass is 9.74. The molecule has 10 heteroatoms. The van der Waals surface area contributed by atoms with Crippen LogP contribution in [0.2, 0.25) is 0 Å². The number of hydrogen-bond donors (Lipinski definition) is 4. The molecule has 3 heterocycles. The number of ketones is 2. The topological polar surface area (TPSA) is 160 Å². The van der Waals surface area contributed by atoms with Crippen LogP contribution in [0, 0.1) is 59.2 Å². The highest BCUT2D eigenvalue weighted by molar-refractivity contribution is 5.87. The minimum absolute atomic E-state index is 0.144. The Morgan fingerprint density at radius 1 is 0.764 bits per heavy atom. The maximum absolute atomic E-state index is 13.5. The van der Waals surface area contributed by atoms with Crippen molar-refractivity contribution in [1.29, 1.82) is 0 Å². The van der Waals surface area contributed by atoms with Crippen molar-refractivity contribution >= 4 is 17.5 Å². The summed E-state index contributed by atoms with van der Waals surface area (Å²) in [5, 5.41) is 43.8. The van der Waals surface area contributed by atoms with E-state index in [-0.39, 0.29) is 47.6 Å². The van der Waals surface area contributed by atoms with Gasteiger partial charge in [-0.3, -0.25) is 9.59 Å². The molecule has 3 aliphatic heterocycles. The molecule has 0 radical (unpaired) electrons. The van der Waals surface area contributed by atoms with Crippen LogP contribution in [0.15, 0.2) is 36.5 Å². The van der Waals surface area contributed by atoms with E-state index in [1.54, 1.807) is 47.6 Å². The molecule has 2 saturated heterocycles. The van der Waals surface area contributed by atoms with Gasteiger partial charge in [-0.15, -0.1) is 0 Å². The highest BCUT2D eigenvalue weighted by atomic mass is 16.7. The largest absolute Gasteiger partial charge is 0.458 e. The van der Waals surface area contributed by atoms with Crippen LogP contribution in [0.3, 0.4) is 0 Å². The van der Waals surface area contributed by atoms with Gasteiger partial charge in [-0.25, -0.2) is 4.79 Å². The van der Waals surface area contributed by atoms with Crippen LogP contribution in [0.1, 0.15) is 121 Å². The summed E-state index contributed by atoms with van der Waals surface area (Å²) in [5.74, 6) is -6.53. The number of Topliss-reactive ketones (excluding diaryl/α,β-unsaturated/α-hetero) is 2. The van der Waals surface area contributed by atoms with Crippen molar-refractivity contribution in [2.24, 2.45) is 59.2 Å². The molecule has 1 spiro atoms. The van der Waals surface area contributed by atoms with Crippen molar-refractivity contribution < 1.29 is 49.0 Å². The first-order chi connectivity index (χ1) is 25.8. The van der Waals surface area contributed by atoms with Gasteiger partial charge in [0.15, 0.2) is 5.79 Å². The Morgan fingerprint density at radius 3 is 1.96 bits per heavy atom. The lowest BCUT2D eigenvalue weighted by Crippen LogP contribution is -2.62. The number of carbonyl (C=O) groups excluding carboxylic acids is 3. The monoisotopic (exact) mass is 775 g/mol. The van der Waals surface area contributed by atoms with Gasteiger partial charge in [-0.05, 0) is 63.2 Å². The van der Waals surface area contributed by atoms with Gasteiger partial charge in [0, 0.05) is 53.9 Å². The van der Waals surface area contributed by atoms with Crippen LogP contribution in [0.5, 0.6) is 0 Å². The summed E-state index contributed by atoms with van der Waals surface area (Å²) in [6.07, 6.45) is 11.1. The van der Waals surface area contributed by atoms with Gasteiger partial charge in [0.2, 0.25) is 0 Å². The normalized spacial score (nSPS) is 46.1. The molecule has 0 saturated carbocycles. The van der Waals surface area contributed by atoms with Gasteiger partial charge in [-0.2, -0.15) is 0 Å². The molecule has 2 bridgehead atoms. The fourth-order valence-electron chi connectivity index (χ4n) is 8.95. The van der Waals surface area contributed by atoms with Gasteiger partial charge in [0.05, 0.1) is 36.6 Å². The summed E-state index contributed by atoms with van der Waals surface area (Å²) in [7, 11) is 0. The van der Waals surface area contributed by atoms with Crippen LogP contribution >= 0.6 is 0 Å². The number of allylic oxidation sites excluding steroid dienone is 4. The fraction of sp³-hybridized carbons (Fsp3) is 0.800. The van der Waals surface area contributed by atoms with E-state index in [1.807, 2.05) is 32.1 Å². The lowest BCUT2D eigenvalue weighted by molar-refractivity contribution is -0.371. The van der Waals surface area contributed by atoms with E-state index < -0.39 is 77.6 Å². The highest BCUT2D eigenvalue weighted by Gasteiger charge is 2.56. The minimum atomic E-state index is -1.30. The molecule has 3 rings (SSSR count). The van der Waals surface area contributed by atoms with Crippen molar-refractivity contribution in [3.8, 4) is 0 Å². The lowest BCUT2D eigenvalue weighted by Gasteiger charge is -2.55. The zero-order valence-corrected chi connectivity index (χ0v) is 35.5. The molecule has 4 N–H and O–H groups in total. The number of fused-ring (bicyclic) bond motifs is 2. The minimum Gasteiger partial charge on any atom is -0.458 e. The van der Waals surface area contributed by atoms with E-state index in [0.29, 0.717) is 19.3 Å². The van der Waals surface area contributed by atoms with E-state index in [2.05, 4.69) is 26.8 Å². The molecule has 0 aromatic carbocycles. The predicted octanol–water partition coefficient (Wildman–Crippen LogP) is 6.77. The van der Waals surface area contributed by atoms with Gasteiger partial charge in [-0.1, -0.05) is 99.6 Å². The third-order valence-corrected chi connectivity index (χ3v) is 13.4. The predicted molar refractivity (Wildman–Crippen MR) is 213 cm³/mol. The fourth-order valence-corrected chi connectivity index (χ4v) is 8.95. The Morgan fingerprint density at radius 2 is 1.36 bits per heavy atom. The molecule has 0 aromatic rings. The van der Waals surface area contributed by atoms with Crippen molar-refractivity contribution in [3.63, 3.8) is 0 Å². The van der Waals surface area contributed by atoms with E-state index in [1.165, 1.54) is 6.08 Å². The molecular formula is C45H74O10. The molecule has 0 unspecified atom stereocenters. The molecule has 55 heavy (non-hydrogen) atoms. The Balaban J connectivity index is 1.97. The van der Waals surface area contributed by atoms with E-state index >= 15 is 0 Å². The molecule has 2 fully saturated rings.